The molecule has 1 fully saturated rings. The van der Waals surface area contributed by atoms with Gasteiger partial charge in [-0.3, -0.25) is 0 Å². The van der Waals surface area contributed by atoms with Crippen molar-refractivity contribution in [3.05, 3.63) is 0 Å². The van der Waals surface area contributed by atoms with E-state index >= 15 is 0 Å². The van der Waals surface area contributed by atoms with Crippen LogP contribution in [0, 0.1) is 0 Å². The Hall–Kier alpha value is 1.18. The first-order valence-electron chi connectivity index (χ1n) is 6.67. The molecule has 0 bridgehead atoms. The highest BCUT2D eigenvalue weighted by Crippen LogP contribution is 2.45. The van der Waals surface area contributed by atoms with Crippen LogP contribution < -0.4 is 0 Å². The molecule has 1 saturated carbocycles. The molecule has 0 radical (unpaired) electrons. The maximum Gasteiger partial charge on any atom is 0.230 e. The monoisotopic (exact) mass is 388 g/mol. The minimum absolute atomic E-state index is 0.606. The summed E-state index contributed by atoms with van der Waals surface area (Å²) in [4.78, 5) is 0. The third kappa shape index (κ3) is 7.98. The van der Waals surface area contributed by atoms with E-state index in [-0.39, 0.29) is 0 Å². The fraction of sp³-hybridized carbons (Fsp3) is 0.833. The summed E-state index contributed by atoms with van der Waals surface area (Å²) in [6.07, 6.45) is 5.09. The van der Waals surface area contributed by atoms with Crippen molar-refractivity contribution in [3.63, 3.8) is 0 Å². The van der Waals surface area contributed by atoms with E-state index in [0.29, 0.717) is 32.5 Å². The van der Waals surface area contributed by atoms with Gasteiger partial charge in [-0.15, -0.1) is 0 Å². The van der Waals surface area contributed by atoms with Crippen molar-refractivity contribution < 1.29 is 9.47 Å². The molecule has 0 N–H and O–H groups in total. The van der Waals surface area contributed by atoms with Crippen LogP contribution in [0.5, 0.6) is 0 Å². The molecule has 1 aliphatic carbocycles. The Kier molecular flexibility index (Phi) is 11.3. The molecule has 8 heteroatoms. The predicted octanol–water partition coefficient (Wildman–Crippen LogP) is 5.70. The minimum atomic E-state index is 0.606. The topological polar surface area (TPSA) is 18.5 Å². The SMILES string of the molecule is CCOC(=S)SSC1CCCCC1SSC(=S)OCC. The zero-order valence-electron chi connectivity index (χ0n) is 11.7. The molecule has 0 aliphatic heterocycles. The van der Waals surface area contributed by atoms with Crippen molar-refractivity contribution in [2.75, 3.05) is 13.2 Å². The molecule has 2 atom stereocenters. The van der Waals surface area contributed by atoms with Gasteiger partial charge in [0.15, 0.2) is 0 Å². The van der Waals surface area contributed by atoms with Crippen molar-refractivity contribution >= 4 is 76.4 Å². The molecule has 20 heavy (non-hydrogen) atoms. The normalized spacial score (nSPS) is 22.3. The van der Waals surface area contributed by atoms with Crippen molar-refractivity contribution in [2.24, 2.45) is 0 Å². The van der Waals surface area contributed by atoms with Crippen LogP contribution >= 0.6 is 67.6 Å². The lowest BCUT2D eigenvalue weighted by Gasteiger charge is -2.29. The fourth-order valence-corrected chi connectivity index (χ4v) is 8.13. The zero-order chi connectivity index (χ0) is 14.8. The third-order valence-corrected chi connectivity index (χ3v) is 9.48. The van der Waals surface area contributed by atoms with Crippen LogP contribution in [0.25, 0.3) is 0 Å². The Balaban J connectivity index is 2.33. The number of ether oxygens (including phenoxy) is 2. The van der Waals surface area contributed by atoms with E-state index in [9.17, 15) is 0 Å². The Labute approximate surface area is 148 Å². The van der Waals surface area contributed by atoms with Gasteiger partial charge in [0.2, 0.25) is 8.77 Å². The lowest BCUT2D eigenvalue weighted by atomic mass is 10.00. The van der Waals surface area contributed by atoms with E-state index < -0.39 is 0 Å². The highest BCUT2D eigenvalue weighted by Gasteiger charge is 2.27. The molecule has 2 nitrogen and oxygen atoms in total. The van der Waals surface area contributed by atoms with Gasteiger partial charge in [-0.25, -0.2) is 0 Å². The van der Waals surface area contributed by atoms with Gasteiger partial charge in [0.1, 0.15) is 0 Å². The Morgan fingerprint density at radius 3 is 1.65 bits per heavy atom. The van der Waals surface area contributed by atoms with Crippen LogP contribution in [-0.2, 0) is 9.47 Å². The summed E-state index contributed by atoms with van der Waals surface area (Å²) in [5.74, 6) is 0. The summed E-state index contributed by atoms with van der Waals surface area (Å²) >= 11 is 10.3. The van der Waals surface area contributed by atoms with Gasteiger partial charge < -0.3 is 9.47 Å². The van der Waals surface area contributed by atoms with Gasteiger partial charge in [0.05, 0.1) is 13.2 Å². The predicted molar refractivity (Wildman–Crippen MR) is 105 cm³/mol. The van der Waals surface area contributed by atoms with E-state index in [1.807, 2.05) is 35.4 Å². The number of thiocarbonyl (C=S) groups is 2. The molecule has 0 spiro atoms. The Morgan fingerprint density at radius 1 is 0.900 bits per heavy atom. The number of hydrogen-bond acceptors (Lipinski definition) is 8. The molecule has 0 aromatic carbocycles. The van der Waals surface area contributed by atoms with Gasteiger partial charge in [-0.1, -0.05) is 34.4 Å². The van der Waals surface area contributed by atoms with Crippen LogP contribution in [0.1, 0.15) is 39.5 Å². The second-order valence-electron chi connectivity index (χ2n) is 4.09. The number of rotatable bonds is 6. The van der Waals surface area contributed by atoms with E-state index in [1.165, 1.54) is 25.7 Å². The highest BCUT2D eigenvalue weighted by molar-refractivity contribution is 8.85. The van der Waals surface area contributed by atoms with Crippen molar-refractivity contribution in [2.45, 2.75) is 50.0 Å². The van der Waals surface area contributed by atoms with Crippen LogP contribution in [0.3, 0.4) is 0 Å². The van der Waals surface area contributed by atoms with E-state index in [0.717, 1.165) is 0 Å². The van der Waals surface area contributed by atoms with Crippen LogP contribution in [0.4, 0.5) is 0 Å². The first-order valence-corrected chi connectivity index (χ1v) is 11.9. The zero-order valence-corrected chi connectivity index (χ0v) is 16.6. The summed E-state index contributed by atoms with van der Waals surface area (Å²) in [5.41, 5.74) is 0. The van der Waals surface area contributed by atoms with Crippen LogP contribution in [-0.4, -0.2) is 32.5 Å². The molecule has 0 saturated heterocycles. The Morgan fingerprint density at radius 2 is 1.30 bits per heavy atom. The Bertz CT molecular complexity index is 282. The lowest BCUT2D eigenvalue weighted by molar-refractivity contribution is 0.346. The maximum absolute atomic E-state index is 5.32. The second-order valence-corrected chi connectivity index (χ2v) is 10.2. The molecule has 1 aliphatic rings. The fourth-order valence-electron chi connectivity index (χ4n) is 1.77. The summed E-state index contributed by atoms with van der Waals surface area (Å²) < 4.78 is 11.9. The van der Waals surface area contributed by atoms with Crippen molar-refractivity contribution in [3.8, 4) is 0 Å². The summed E-state index contributed by atoms with van der Waals surface area (Å²) in [6.45, 7) is 5.21. The molecule has 116 valence electrons. The molecular weight excluding hydrogens is 369 g/mol. The molecule has 0 amide bonds. The molecule has 0 aromatic rings. The lowest BCUT2D eigenvalue weighted by Crippen LogP contribution is -2.23. The van der Waals surface area contributed by atoms with Gasteiger partial charge >= 0.3 is 0 Å². The maximum atomic E-state index is 5.32. The smallest absolute Gasteiger partial charge is 0.230 e. The van der Waals surface area contributed by atoms with Crippen molar-refractivity contribution in [1.82, 2.24) is 0 Å². The third-order valence-electron chi connectivity index (χ3n) is 2.65. The van der Waals surface area contributed by atoms with E-state index in [1.54, 1.807) is 21.6 Å². The van der Waals surface area contributed by atoms with E-state index in [2.05, 4.69) is 0 Å². The quantitative estimate of drug-likeness (QED) is 0.420. The molecule has 0 aromatic heterocycles. The second kappa shape index (κ2) is 11.7. The average molecular weight is 389 g/mol. The van der Waals surface area contributed by atoms with Crippen molar-refractivity contribution in [1.29, 1.82) is 0 Å². The average Bonchev–Trinajstić information content (AvgIpc) is 2.44. The van der Waals surface area contributed by atoms with Gasteiger partial charge in [-0.2, -0.15) is 0 Å². The molecular formula is C12H20O2S6. The summed E-state index contributed by atoms with van der Waals surface area (Å²) in [6, 6.07) is 0. The van der Waals surface area contributed by atoms with E-state index in [4.69, 9.17) is 33.9 Å². The standard InChI is InChI=1S/C12H20O2S6/c1-3-13-11(15)19-17-9-7-5-6-8-10(9)18-20-12(16)14-4-2/h9-10H,3-8H2,1-2H3. The first kappa shape index (κ1) is 19.2. The van der Waals surface area contributed by atoms with Crippen LogP contribution in [0.15, 0.2) is 0 Å². The van der Waals surface area contributed by atoms with Crippen LogP contribution in [0.2, 0.25) is 0 Å². The van der Waals surface area contributed by atoms with Gasteiger partial charge in [-0.05, 0) is 72.7 Å². The summed E-state index contributed by atoms with van der Waals surface area (Å²) in [5, 5.41) is 1.21. The largest absolute Gasteiger partial charge is 0.478 e. The van der Waals surface area contributed by atoms with Gasteiger partial charge in [0, 0.05) is 10.5 Å². The highest BCUT2D eigenvalue weighted by atomic mass is 33.1. The minimum Gasteiger partial charge on any atom is -0.478 e. The molecule has 0 heterocycles. The van der Waals surface area contributed by atoms with Gasteiger partial charge in [0.25, 0.3) is 0 Å². The number of hydrogen-bond donors (Lipinski definition) is 0. The first-order chi connectivity index (χ1) is 9.67. The molecule has 2 unspecified atom stereocenters. The summed E-state index contributed by atoms with van der Waals surface area (Å²) in [7, 11) is 6.89. The molecule has 1 rings (SSSR count).